The Bertz CT molecular complexity index is 812. The molecule has 7 nitrogen and oxygen atoms in total. The molecule has 0 radical (unpaired) electrons. The summed E-state index contributed by atoms with van der Waals surface area (Å²) in [5.41, 5.74) is 3.88. The highest BCUT2D eigenvalue weighted by Crippen LogP contribution is 2.19. The van der Waals surface area contributed by atoms with Gasteiger partial charge in [-0.2, -0.15) is 10.1 Å². The van der Waals surface area contributed by atoms with Crippen molar-refractivity contribution in [3.8, 4) is 0 Å². The van der Waals surface area contributed by atoms with E-state index in [2.05, 4.69) is 30.8 Å². The summed E-state index contributed by atoms with van der Waals surface area (Å²) in [5.74, 6) is 1.86. The Kier molecular flexibility index (Phi) is 4.72. The number of aromatic nitrogens is 4. The zero-order valence-corrected chi connectivity index (χ0v) is 13.9. The van der Waals surface area contributed by atoms with Gasteiger partial charge in [0.05, 0.1) is 12.3 Å². The minimum Gasteiger partial charge on any atom is -0.378 e. The lowest BCUT2D eigenvalue weighted by molar-refractivity contribution is 0.181. The highest BCUT2D eigenvalue weighted by molar-refractivity contribution is 5.58. The Balaban J connectivity index is 1.85. The number of hydrogen-bond acceptors (Lipinski definition) is 6. The first-order valence-corrected chi connectivity index (χ1v) is 7.62. The van der Waals surface area contributed by atoms with Crippen LogP contribution in [0.25, 0.3) is 0 Å². The monoisotopic (exact) mass is 324 g/mol. The Labute approximate surface area is 140 Å². The van der Waals surface area contributed by atoms with Crippen molar-refractivity contribution in [1.29, 1.82) is 0 Å². The van der Waals surface area contributed by atoms with Crippen LogP contribution in [-0.4, -0.2) is 27.3 Å². The number of benzene rings is 1. The molecule has 0 bridgehead atoms. The van der Waals surface area contributed by atoms with Crippen molar-refractivity contribution < 1.29 is 4.74 Å². The van der Waals surface area contributed by atoms with Gasteiger partial charge in [0.1, 0.15) is 5.82 Å². The van der Waals surface area contributed by atoms with Gasteiger partial charge in [0.2, 0.25) is 5.95 Å². The first-order chi connectivity index (χ1) is 11.6. The molecule has 1 aromatic carbocycles. The minimum atomic E-state index is 0.402. The van der Waals surface area contributed by atoms with Gasteiger partial charge in [-0.1, -0.05) is 17.7 Å². The van der Waals surface area contributed by atoms with Crippen LogP contribution >= 0.6 is 0 Å². The van der Waals surface area contributed by atoms with Crippen molar-refractivity contribution in [3.05, 3.63) is 53.3 Å². The Morgan fingerprint density at radius 2 is 1.79 bits per heavy atom. The fourth-order valence-electron chi connectivity index (χ4n) is 2.22. The van der Waals surface area contributed by atoms with Crippen molar-refractivity contribution >= 4 is 23.3 Å². The molecule has 0 spiro atoms. The summed E-state index contributed by atoms with van der Waals surface area (Å²) in [5, 5.41) is 13.4. The first-order valence-electron chi connectivity index (χ1n) is 7.62. The van der Waals surface area contributed by atoms with Crippen molar-refractivity contribution in [1.82, 2.24) is 20.2 Å². The molecular weight excluding hydrogens is 304 g/mol. The molecule has 0 atom stereocenters. The van der Waals surface area contributed by atoms with Gasteiger partial charge >= 0.3 is 0 Å². The average molecular weight is 324 g/mol. The Morgan fingerprint density at radius 1 is 1.00 bits per heavy atom. The van der Waals surface area contributed by atoms with Gasteiger partial charge in [0.15, 0.2) is 5.82 Å². The van der Waals surface area contributed by atoms with E-state index in [4.69, 9.17) is 4.74 Å². The van der Waals surface area contributed by atoms with Crippen LogP contribution in [0.3, 0.4) is 0 Å². The number of rotatable bonds is 6. The van der Waals surface area contributed by atoms with E-state index in [1.807, 2.05) is 50.2 Å². The molecule has 3 rings (SSSR count). The SMILES string of the molecule is COCc1cc(Nc2cc(C)[nH]n2)nc(Nc2ccc(C)cc2)n1. The van der Waals surface area contributed by atoms with E-state index in [0.29, 0.717) is 24.2 Å². The number of hydrogen-bond donors (Lipinski definition) is 3. The Morgan fingerprint density at radius 3 is 2.46 bits per heavy atom. The third-order valence-electron chi connectivity index (χ3n) is 3.34. The number of aryl methyl sites for hydroxylation is 2. The van der Waals surface area contributed by atoms with Gasteiger partial charge < -0.3 is 15.4 Å². The number of nitrogens with zero attached hydrogens (tertiary/aromatic N) is 3. The van der Waals surface area contributed by atoms with E-state index < -0.39 is 0 Å². The summed E-state index contributed by atoms with van der Waals surface area (Å²) in [6.07, 6.45) is 0. The van der Waals surface area contributed by atoms with E-state index in [9.17, 15) is 0 Å². The number of aromatic amines is 1. The number of anilines is 4. The number of methoxy groups -OCH3 is 1. The maximum absolute atomic E-state index is 5.19. The number of H-pyrrole nitrogens is 1. The van der Waals surface area contributed by atoms with Crippen LogP contribution in [0, 0.1) is 13.8 Å². The maximum Gasteiger partial charge on any atom is 0.229 e. The molecule has 7 heteroatoms. The zero-order chi connectivity index (χ0) is 16.9. The highest BCUT2D eigenvalue weighted by atomic mass is 16.5. The van der Waals surface area contributed by atoms with Crippen molar-refractivity contribution in [2.24, 2.45) is 0 Å². The zero-order valence-electron chi connectivity index (χ0n) is 13.9. The van der Waals surface area contributed by atoms with Crippen LogP contribution in [0.4, 0.5) is 23.3 Å². The van der Waals surface area contributed by atoms with Gasteiger partial charge in [0, 0.05) is 30.6 Å². The summed E-state index contributed by atoms with van der Waals surface area (Å²) in [6, 6.07) is 11.8. The van der Waals surface area contributed by atoms with E-state index in [0.717, 1.165) is 17.1 Å². The average Bonchev–Trinajstić information content (AvgIpc) is 2.95. The second-order valence-electron chi connectivity index (χ2n) is 5.55. The number of nitrogens with one attached hydrogen (secondary N) is 3. The normalized spacial score (nSPS) is 10.6. The summed E-state index contributed by atoms with van der Waals surface area (Å²) in [7, 11) is 1.64. The van der Waals surface area contributed by atoms with E-state index in [1.54, 1.807) is 7.11 Å². The van der Waals surface area contributed by atoms with E-state index in [1.165, 1.54) is 5.56 Å². The van der Waals surface area contributed by atoms with Crippen LogP contribution in [0.1, 0.15) is 17.0 Å². The van der Waals surface area contributed by atoms with Gasteiger partial charge in [-0.05, 0) is 26.0 Å². The molecular formula is C17H20N6O. The minimum absolute atomic E-state index is 0.402. The summed E-state index contributed by atoms with van der Waals surface area (Å²) < 4.78 is 5.19. The predicted molar refractivity (Wildman–Crippen MR) is 93.8 cm³/mol. The van der Waals surface area contributed by atoms with Crippen LogP contribution in [0.15, 0.2) is 36.4 Å². The van der Waals surface area contributed by atoms with Crippen LogP contribution in [0.2, 0.25) is 0 Å². The molecule has 124 valence electrons. The second-order valence-corrected chi connectivity index (χ2v) is 5.55. The molecule has 0 amide bonds. The summed E-state index contributed by atoms with van der Waals surface area (Å²) >= 11 is 0. The fourth-order valence-corrected chi connectivity index (χ4v) is 2.22. The molecule has 0 saturated carbocycles. The molecule has 0 aliphatic heterocycles. The van der Waals surface area contributed by atoms with Gasteiger partial charge in [-0.15, -0.1) is 0 Å². The van der Waals surface area contributed by atoms with Crippen LogP contribution < -0.4 is 10.6 Å². The third kappa shape index (κ3) is 4.08. The predicted octanol–water partition coefficient (Wildman–Crippen LogP) is 3.45. The third-order valence-corrected chi connectivity index (χ3v) is 3.34. The van der Waals surface area contributed by atoms with Crippen molar-refractivity contribution in [3.63, 3.8) is 0 Å². The molecule has 3 N–H and O–H groups in total. The molecule has 3 aromatic rings. The maximum atomic E-state index is 5.19. The van der Waals surface area contributed by atoms with Crippen LogP contribution in [-0.2, 0) is 11.3 Å². The summed E-state index contributed by atoms with van der Waals surface area (Å²) in [6.45, 7) is 4.39. The molecule has 0 aliphatic rings. The molecule has 24 heavy (non-hydrogen) atoms. The molecule has 2 aromatic heterocycles. The molecule has 0 saturated heterocycles. The smallest absolute Gasteiger partial charge is 0.229 e. The summed E-state index contributed by atoms with van der Waals surface area (Å²) in [4.78, 5) is 8.97. The lowest BCUT2D eigenvalue weighted by Gasteiger charge is -2.10. The standard InChI is InChI=1S/C17H20N6O/c1-11-4-6-13(7-5-11)18-17-19-14(10-24-3)9-15(21-17)20-16-8-12(2)22-23-16/h4-9H,10H2,1-3H3,(H3,18,19,20,21,22,23). The topological polar surface area (TPSA) is 87.8 Å². The van der Waals surface area contributed by atoms with Gasteiger partial charge in [-0.25, -0.2) is 4.98 Å². The van der Waals surface area contributed by atoms with Crippen molar-refractivity contribution in [2.45, 2.75) is 20.5 Å². The van der Waals surface area contributed by atoms with E-state index >= 15 is 0 Å². The van der Waals surface area contributed by atoms with E-state index in [-0.39, 0.29) is 0 Å². The second kappa shape index (κ2) is 7.10. The molecule has 0 fully saturated rings. The fraction of sp³-hybridized carbons (Fsp3) is 0.235. The van der Waals surface area contributed by atoms with Crippen molar-refractivity contribution in [2.75, 3.05) is 17.7 Å². The number of ether oxygens (including phenoxy) is 1. The largest absolute Gasteiger partial charge is 0.378 e. The van der Waals surface area contributed by atoms with Crippen LogP contribution in [0.5, 0.6) is 0 Å². The molecule has 0 aliphatic carbocycles. The lowest BCUT2D eigenvalue weighted by Crippen LogP contribution is -2.05. The quantitative estimate of drug-likeness (QED) is 0.644. The van der Waals surface area contributed by atoms with Gasteiger partial charge in [0.25, 0.3) is 0 Å². The molecule has 0 unspecified atom stereocenters. The highest BCUT2D eigenvalue weighted by Gasteiger charge is 2.07. The lowest BCUT2D eigenvalue weighted by atomic mass is 10.2. The molecule has 2 heterocycles. The Hall–Kier alpha value is -2.93. The first kappa shape index (κ1) is 15.9. The van der Waals surface area contributed by atoms with Gasteiger partial charge in [-0.3, -0.25) is 5.10 Å².